The number of ether oxygens (including phenoxy) is 2. The monoisotopic (exact) mass is 325 g/mol. The first-order valence-corrected chi connectivity index (χ1v) is 7.71. The fraction of sp³-hybridized carbons (Fsp3) is 0.222. The Hall–Kier alpha value is -3.02. The molecule has 0 unspecified atom stereocenters. The van der Waals surface area contributed by atoms with Crippen molar-refractivity contribution in [2.75, 3.05) is 32.1 Å². The lowest BCUT2D eigenvalue weighted by atomic mass is 10.1. The van der Waals surface area contributed by atoms with Gasteiger partial charge in [0, 0.05) is 12.2 Å². The smallest absolute Gasteiger partial charge is 0.262 e. The summed E-state index contributed by atoms with van der Waals surface area (Å²) in [6.07, 6.45) is 0. The van der Waals surface area contributed by atoms with Crippen molar-refractivity contribution in [3.8, 4) is 11.5 Å². The van der Waals surface area contributed by atoms with Crippen LogP contribution >= 0.6 is 0 Å². The molecule has 0 atom stereocenters. The number of carbonyl (C=O) groups is 1. The lowest BCUT2D eigenvalue weighted by molar-refractivity contribution is -0.118. The Morgan fingerprint density at radius 3 is 2.75 bits per heavy atom. The molecule has 0 radical (unpaired) electrons. The highest BCUT2D eigenvalue weighted by Gasteiger charge is 2.18. The first-order chi connectivity index (χ1) is 11.8. The number of amides is 1. The molecule has 1 aliphatic heterocycles. The second kappa shape index (κ2) is 7.50. The van der Waals surface area contributed by atoms with Crippen molar-refractivity contribution in [3.63, 3.8) is 0 Å². The molecule has 3 rings (SSSR count). The number of para-hydroxylation sites is 2. The van der Waals surface area contributed by atoms with Gasteiger partial charge in [0.2, 0.25) is 0 Å². The first-order valence-electron chi connectivity index (χ1n) is 7.71. The standard InChI is InChI=1S/C18H19N3O3/c1-23-15-9-5-8-14(18-19-10-11-20-18)17(15)24-12-16(22)21-13-6-3-2-4-7-13/h2-9H,10-12H2,1H3,(H,19,20)(H,21,22). The van der Waals surface area contributed by atoms with Crippen molar-refractivity contribution < 1.29 is 14.3 Å². The van der Waals surface area contributed by atoms with Gasteiger partial charge < -0.3 is 20.1 Å². The predicted octanol–water partition coefficient (Wildman–Crippen LogP) is 2.06. The summed E-state index contributed by atoms with van der Waals surface area (Å²) in [7, 11) is 1.57. The summed E-state index contributed by atoms with van der Waals surface area (Å²) in [5.41, 5.74) is 1.52. The molecule has 0 bridgehead atoms. The molecule has 0 spiro atoms. The van der Waals surface area contributed by atoms with E-state index in [0.29, 0.717) is 11.5 Å². The molecule has 0 fully saturated rings. The van der Waals surface area contributed by atoms with Gasteiger partial charge in [0.25, 0.3) is 5.91 Å². The molecular formula is C18H19N3O3. The number of benzene rings is 2. The molecule has 1 amide bonds. The van der Waals surface area contributed by atoms with Crippen LogP contribution in [-0.2, 0) is 4.79 Å². The molecule has 6 nitrogen and oxygen atoms in total. The summed E-state index contributed by atoms with van der Waals surface area (Å²) in [6.45, 7) is 1.40. The number of carbonyl (C=O) groups excluding carboxylic acids is 1. The Morgan fingerprint density at radius 2 is 2.04 bits per heavy atom. The quantitative estimate of drug-likeness (QED) is 0.853. The fourth-order valence-electron chi connectivity index (χ4n) is 2.45. The highest BCUT2D eigenvalue weighted by molar-refractivity contribution is 6.03. The maximum Gasteiger partial charge on any atom is 0.262 e. The Kier molecular flexibility index (Phi) is 4.96. The summed E-state index contributed by atoms with van der Waals surface area (Å²) >= 11 is 0. The third-order valence-corrected chi connectivity index (χ3v) is 3.53. The zero-order valence-electron chi connectivity index (χ0n) is 13.4. The van der Waals surface area contributed by atoms with Crippen LogP contribution in [0.2, 0.25) is 0 Å². The Labute approximate surface area is 140 Å². The van der Waals surface area contributed by atoms with Crippen molar-refractivity contribution in [3.05, 3.63) is 54.1 Å². The topological polar surface area (TPSA) is 71.9 Å². The average molecular weight is 325 g/mol. The third kappa shape index (κ3) is 3.65. The number of hydrogen-bond acceptors (Lipinski definition) is 5. The van der Waals surface area contributed by atoms with Gasteiger partial charge in [-0.05, 0) is 24.3 Å². The lowest BCUT2D eigenvalue weighted by Gasteiger charge is -2.15. The van der Waals surface area contributed by atoms with E-state index in [1.54, 1.807) is 13.2 Å². The number of hydrogen-bond donors (Lipinski definition) is 2. The molecular weight excluding hydrogens is 306 g/mol. The lowest BCUT2D eigenvalue weighted by Crippen LogP contribution is -2.23. The van der Waals surface area contributed by atoms with Crippen molar-refractivity contribution >= 4 is 17.4 Å². The minimum absolute atomic E-state index is 0.116. The summed E-state index contributed by atoms with van der Waals surface area (Å²) in [4.78, 5) is 16.5. The number of methoxy groups -OCH3 is 1. The highest BCUT2D eigenvalue weighted by Crippen LogP contribution is 2.31. The van der Waals surface area contributed by atoms with Crippen molar-refractivity contribution in [2.45, 2.75) is 0 Å². The zero-order valence-corrected chi connectivity index (χ0v) is 13.4. The summed E-state index contributed by atoms with van der Waals surface area (Å²) < 4.78 is 11.1. The van der Waals surface area contributed by atoms with Crippen LogP contribution < -0.4 is 20.1 Å². The van der Waals surface area contributed by atoms with Crippen molar-refractivity contribution in [1.29, 1.82) is 0 Å². The van der Waals surface area contributed by atoms with E-state index in [4.69, 9.17) is 9.47 Å². The van der Waals surface area contributed by atoms with Gasteiger partial charge in [0.15, 0.2) is 18.1 Å². The van der Waals surface area contributed by atoms with E-state index in [0.717, 1.165) is 30.2 Å². The largest absolute Gasteiger partial charge is 0.493 e. The van der Waals surface area contributed by atoms with Crippen LogP contribution in [0.3, 0.4) is 0 Å². The summed E-state index contributed by atoms with van der Waals surface area (Å²) in [5, 5.41) is 5.99. The molecule has 0 aromatic heterocycles. The highest BCUT2D eigenvalue weighted by atomic mass is 16.5. The molecule has 1 aliphatic rings. The fourth-order valence-corrected chi connectivity index (χ4v) is 2.45. The molecule has 1 heterocycles. The molecule has 0 saturated heterocycles. The van der Waals surface area contributed by atoms with Gasteiger partial charge in [0.1, 0.15) is 5.84 Å². The SMILES string of the molecule is COc1cccc(C2=NCCN2)c1OCC(=O)Nc1ccccc1. The molecule has 124 valence electrons. The van der Waals surface area contributed by atoms with Gasteiger partial charge in [-0.3, -0.25) is 9.79 Å². The van der Waals surface area contributed by atoms with E-state index in [-0.39, 0.29) is 12.5 Å². The summed E-state index contributed by atoms with van der Waals surface area (Å²) in [6, 6.07) is 14.8. The van der Waals surface area contributed by atoms with Crippen LogP contribution in [-0.4, -0.2) is 38.5 Å². The first kappa shape index (κ1) is 15.9. The Bertz CT molecular complexity index is 744. The molecule has 0 saturated carbocycles. The van der Waals surface area contributed by atoms with Gasteiger partial charge in [0.05, 0.1) is 19.2 Å². The van der Waals surface area contributed by atoms with E-state index in [2.05, 4.69) is 15.6 Å². The molecule has 0 aliphatic carbocycles. The summed E-state index contributed by atoms with van der Waals surface area (Å²) in [5.74, 6) is 1.60. The Morgan fingerprint density at radius 1 is 1.21 bits per heavy atom. The molecule has 6 heteroatoms. The van der Waals surface area contributed by atoms with Gasteiger partial charge >= 0.3 is 0 Å². The van der Waals surface area contributed by atoms with Gasteiger partial charge in [-0.25, -0.2) is 0 Å². The van der Waals surface area contributed by atoms with E-state index < -0.39 is 0 Å². The maximum atomic E-state index is 12.1. The number of rotatable bonds is 6. The van der Waals surface area contributed by atoms with Crippen LogP contribution in [0.4, 0.5) is 5.69 Å². The predicted molar refractivity (Wildman–Crippen MR) is 93.0 cm³/mol. The van der Waals surface area contributed by atoms with E-state index >= 15 is 0 Å². The molecule has 2 aromatic carbocycles. The Balaban J connectivity index is 1.73. The number of nitrogens with one attached hydrogen (secondary N) is 2. The number of amidine groups is 1. The van der Waals surface area contributed by atoms with Crippen LogP contribution in [0.15, 0.2) is 53.5 Å². The molecule has 2 aromatic rings. The van der Waals surface area contributed by atoms with E-state index in [9.17, 15) is 4.79 Å². The van der Waals surface area contributed by atoms with Crippen molar-refractivity contribution in [2.24, 2.45) is 4.99 Å². The second-order valence-electron chi connectivity index (χ2n) is 5.20. The van der Waals surface area contributed by atoms with E-state index in [1.807, 2.05) is 42.5 Å². The molecule has 24 heavy (non-hydrogen) atoms. The second-order valence-corrected chi connectivity index (χ2v) is 5.20. The van der Waals surface area contributed by atoms with Crippen LogP contribution in [0.1, 0.15) is 5.56 Å². The maximum absolute atomic E-state index is 12.1. The van der Waals surface area contributed by atoms with Crippen molar-refractivity contribution in [1.82, 2.24) is 5.32 Å². The van der Waals surface area contributed by atoms with Crippen LogP contribution in [0.25, 0.3) is 0 Å². The van der Waals surface area contributed by atoms with Crippen LogP contribution in [0, 0.1) is 0 Å². The molecule has 2 N–H and O–H groups in total. The third-order valence-electron chi connectivity index (χ3n) is 3.53. The number of anilines is 1. The number of nitrogens with zero attached hydrogens (tertiary/aromatic N) is 1. The van der Waals surface area contributed by atoms with Gasteiger partial charge in [-0.2, -0.15) is 0 Å². The average Bonchev–Trinajstić information content (AvgIpc) is 3.15. The van der Waals surface area contributed by atoms with Crippen LogP contribution in [0.5, 0.6) is 11.5 Å². The zero-order chi connectivity index (χ0) is 16.8. The number of aliphatic imine (C=N–C) groups is 1. The minimum atomic E-state index is -0.237. The normalized spacial score (nSPS) is 13.0. The minimum Gasteiger partial charge on any atom is -0.493 e. The van der Waals surface area contributed by atoms with Gasteiger partial charge in [-0.15, -0.1) is 0 Å². The van der Waals surface area contributed by atoms with Gasteiger partial charge in [-0.1, -0.05) is 24.3 Å². The van der Waals surface area contributed by atoms with E-state index in [1.165, 1.54) is 0 Å².